The molecule has 4 nitrogen and oxygen atoms in total. The molecule has 1 N–H and O–H groups in total. The molecule has 1 rings (SSSR count). The fourth-order valence-corrected chi connectivity index (χ4v) is 1.33. The van der Waals surface area contributed by atoms with E-state index in [-0.39, 0.29) is 5.91 Å². The summed E-state index contributed by atoms with van der Waals surface area (Å²) in [5.74, 6) is 1.46. The third-order valence-electron chi connectivity index (χ3n) is 2.15. The van der Waals surface area contributed by atoms with Gasteiger partial charge in [0.1, 0.15) is 18.1 Å². The standard InChI is InChI=1S/C14H19NO3/c1-11(2)10-14(16)15-8-9-18-13-6-4-12(17-3)5-7-13/h4-7,10H,8-9H2,1-3H3,(H,15,16). The number of carbonyl (C=O) groups is 1. The van der Waals surface area contributed by atoms with Gasteiger partial charge in [-0.15, -0.1) is 0 Å². The number of hydrogen-bond donors (Lipinski definition) is 1. The van der Waals surface area contributed by atoms with Crippen molar-refractivity contribution in [3.63, 3.8) is 0 Å². The van der Waals surface area contributed by atoms with Crippen LogP contribution in [0.4, 0.5) is 0 Å². The number of ether oxygens (including phenoxy) is 2. The predicted molar refractivity (Wildman–Crippen MR) is 70.9 cm³/mol. The van der Waals surface area contributed by atoms with Crippen LogP contribution in [0.25, 0.3) is 0 Å². The van der Waals surface area contributed by atoms with E-state index in [1.54, 1.807) is 13.2 Å². The Morgan fingerprint density at radius 1 is 1.22 bits per heavy atom. The van der Waals surface area contributed by atoms with Crippen molar-refractivity contribution >= 4 is 5.91 Å². The zero-order valence-corrected chi connectivity index (χ0v) is 11.0. The van der Waals surface area contributed by atoms with Gasteiger partial charge >= 0.3 is 0 Å². The van der Waals surface area contributed by atoms with E-state index >= 15 is 0 Å². The molecule has 0 atom stereocenters. The molecule has 18 heavy (non-hydrogen) atoms. The van der Waals surface area contributed by atoms with Gasteiger partial charge in [0.05, 0.1) is 13.7 Å². The Morgan fingerprint density at radius 3 is 2.39 bits per heavy atom. The lowest BCUT2D eigenvalue weighted by Gasteiger charge is -2.07. The van der Waals surface area contributed by atoms with Crippen molar-refractivity contribution in [1.29, 1.82) is 0 Å². The third-order valence-corrected chi connectivity index (χ3v) is 2.15. The van der Waals surface area contributed by atoms with E-state index in [2.05, 4.69) is 5.32 Å². The molecule has 0 saturated carbocycles. The lowest BCUT2D eigenvalue weighted by atomic mass is 10.3. The molecule has 0 aliphatic heterocycles. The highest BCUT2D eigenvalue weighted by Crippen LogP contribution is 2.16. The number of allylic oxidation sites excluding steroid dienone is 1. The normalized spacial score (nSPS) is 9.50. The van der Waals surface area contributed by atoms with E-state index < -0.39 is 0 Å². The van der Waals surface area contributed by atoms with E-state index in [1.807, 2.05) is 38.1 Å². The monoisotopic (exact) mass is 249 g/mol. The summed E-state index contributed by atoms with van der Waals surface area (Å²) in [6.45, 7) is 4.68. The first-order valence-corrected chi connectivity index (χ1v) is 5.81. The van der Waals surface area contributed by atoms with Gasteiger partial charge in [-0.25, -0.2) is 0 Å². The summed E-state index contributed by atoms with van der Waals surface area (Å²) >= 11 is 0. The Morgan fingerprint density at radius 2 is 1.83 bits per heavy atom. The minimum atomic E-state index is -0.0895. The zero-order chi connectivity index (χ0) is 13.4. The molecule has 0 unspecified atom stereocenters. The molecule has 0 fully saturated rings. The summed E-state index contributed by atoms with van der Waals surface area (Å²) in [6.07, 6.45) is 1.56. The Balaban J connectivity index is 2.25. The number of amides is 1. The van der Waals surface area contributed by atoms with Crippen molar-refractivity contribution in [2.45, 2.75) is 13.8 Å². The van der Waals surface area contributed by atoms with Crippen molar-refractivity contribution in [2.24, 2.45) is 0 Å². The molecule has 1 aromatic rings. The minimum absolute atomic E-state index is 0.0895. The van der Waals surface area contributed by atoms with E-state index in [0.29, 0.717) is 13.2 Å². The highest BCUT2D eigenvalue weighted by Gasteiger charge is 1.97. The molecule has 0 bridgehead atoms. The third kappa shape index (κ3) is 5.39. The van der Waals surface area contributed by atoms with Crippen LogP contribution in [0.5, 0.6) is 11.5 Å². The van der Waals surface area contributed by atoms with Crippen molar-refractivity contribution in [3.05, 3.63) is 35.9 Å². The topological polar surface area (TPSA) is 47.6 Å². The van der Waals surface area contributed by atoms with Crippen molar-refractivity contribution in [3.8, 4) is 11.5 Å². The molecule has 1 amide bonds. The summed E-state index contributed by atoms with van der Waals surface area (Å²) in [5, 5.41) is 2.74. The predicted octanol–water partition coefficient (Wildman–Crippen LogP) is 2.16. The maximum absolute atomic E-state index is 11.3. The molecular formula is C14H19NO3. The molecular weight excluding hydrogens is 230 g/mol. The molecule has 4 heteroatoms. The number of hydrogen-bond acceptors (Lipinski definition) is 3. The van der Waals surface area contributed by atoms with Gasteiger partial charge in [0.25, 0.3) is 0 Å². The highest BCUT2D eigenvalue weighted by atomic mass is 16.5. The van der Waals surface area contributed by atoms with Crippen molar-refractivity contribution in [2.75, 3.05) is 20.3 Å². The van der Waals surface area contributed by atoms with E-state index in [9.17, 15) is 4.79 Å². The number of carbonyl (C=O) groups excluding carboxylic acids is 1. The van der Waals surface area contributed by atoms with Crippen molar-refractivity contribution in [1.82, 2.24) is 5.32 Å². The van der Waals surface area contributed by atoms with Gasteiger partial charge in [-0.2, -0.15) is 0 Å². The van der Waals surface area contributed by atoms with Crippen LogP contribution in [0.3, 0.4) is 0 Å². The van der Waals surface area contributed by atoms with Crippen LogP contribution in [0.2, 0.25) is 0 Å². The number of methoxy groups -OCH3 is 1. The summed E-state index contributed by atoms with van der Waals surface area (Å²) in [4.78, 5) is 11.3. The molecule has 1 aromatic carbocycles. The Bertz CT molecular complexity index is 406. The Kier molecular flexibility index (Phi) is 5.77. The maximum Gasteiger partial charge on any atom is 0.244 e. The number of rotatable bonds is 6. The quantitative estimate of drug-likeness (QED) is 0.621. The molecule has 0 aliphatic rings. The summed E-state index contributed by atoms with van der Waals surface area (Å²) in [7, 11) is 1.62. The Hall–Kier alpha value is -1.97. The average molecular weight is 249 g/mol. The summed E-state index contributed by atoms with van der Waals surface area (Å²) in [6, 6.07) is 7.32. The van der Waals surface area contributed by atoms with Crippen LogP contribution in [0.15, 0.2) is 35.9 Å². The second-order valence-corrected chi connectivity index (χ2v) is 4.04. The molecule has 0 heterocycles. The first-order chi connectivity index (χ1) is 8.61. The highest BCUT2D eigenvalue weighted by molar-refractivity contribution is 5.87. The second kappa shape index (κ2) is 7.37. The molecule has 0 spiro atoms. The molecule has 0 saturated heterocycles. The van der Waals surface area contributed by atoms with Crippen LogP contribution >= 0.6 is 0 Å². The number of benzene rings is 1. The maximum atomic E-state index is 11.3. The molecule has 0 aromatic heterocycles. The van der Waals surface area contributed by atoms with Gasteiger partial charge < -0.3 is 14.8 Å². The largest absolute Gasteiger partial charge is 0.497 e. The second-order valence-electron chi connectivity index (χ2n) is 4.04. The average Bonchev–Trinajstić information content (AvgIpc) is 2.34. The van der Waals surface area contributed by atoms with Crippen LogP contribution in [0, 0.1) is 0 Å². The van der Waals surface area contributed by atoms with Crippen LogP contribution < -0.4 is 14.8 Å². The molecule has 98 valence electrons. The smallest absolute Gasteiger partial charge is 0.244 e. The van der Waals surface area contributed by atoms with Gasteiger partial charge in [0.15, 0.2) is 0 Å². The fourth-order valence-electron chi connectivity index (χ4n) is 1.33. The fraction of sp³-hybridized carbons (Fsp3) is 0.357. The van der Waals surface area contributed by atoms with Gasteiger partial charge in [-0.1, -0.05) is 5.57 Å². The number of nitrogens with one attached hydrogen (secondary N) is 1. The lowest BCUT2D eigenvalue weighted by Crippen LogP contribution is -2.26. The van der Waals surface area contributed by atoms with Gasteiger partial charge in [-0.3, -0.25) is 4.79 Å². The SMILES string of the molecule is COc1ccc(OCCNC(=O)C=C(C)C)cc1. The van der Waals surface area contributed by atoms with Gasteiger partial charge in [0.2, 0.25) is 5.91 Å². The zero-order valence-electron chi connectivity index (χ0n) is 11.0. The first kappa shape index (κ1) is 14.1. The summed E-state index contributed by atoms with van der Waals surface area (Å²) < 4.78 is 10.5. The van der Waals surface area contributed by atoms with Crippen molar-refractivity contribution < 1.29 is 14.3 Å². The van der Waals surface area contributed by atoms with Crippen LogP contribution in [-0.4, -0.2) is 26.2 Å². The molecule has 0 radical (unpaired) electrons. The van der Waals surface area contributed by atoms with Crippen LogP contribution in [-0.2, 0) is 4.79 Å². The first-order valence-electron chi connectivity index (χ1n) is 5.81. The van der Waals surface area contributed by atoms with E-state index in [4.69, 9.17) is 9.47 Å². The molecule has 0 aliphatic carbocycles. The van der Waals surface area contributed by atoms with E-state index in [1.165, 1.54) is 0 Å². The summed E-state index contributed by atoms with van der Waals surface area (Å²) in [5.41, 5.74) is 0.976. The minimum Gasteiger partial charge on any atom is -0.497 e. The van der Waals surface area contributed by atoms with Gasteiger partial charge in [-0.05, 0) is 38.1 Å². The van der Waals surface area contributed by atoms with E-state index in [0.717, 1.165) is 17.1 Å². The Labute approximate surface area is 108 Å². The lowest BCUT2D eigenvalue weighted by molar-refractivity contribution is -0.116. The van der Waals surface area contributed by atoms with Gasteiger partial charge in [0, 0.05) is 6.08 Å². The van der Waals surface area contributed by atoms with Crippen LogP contribution in [0.1, 0.15) is 13.8 Å².